The Labute approximate surface area is 116 Å². The lowest BCUT2D eigenvalue weighted by Gasteiger charge is -2.47. The molecule has 1 aliphatic carbocycles. The van der Waals surface area contributed by atoms with Gasteiger partial charge in [-0.3, -0.25) is 9.80 Å². The minimum atomic E-state index is 0.894. The van der Waals surface area contributed by atoms with Crippen molar-refractivity contribution in [2.24, 2.45) is 0 Å². The largest absolute Gasteiger partial charge is 0.298 e. The molecule has 3 rings (SSSR count). The summed E-state index contributed by atoms with van der Waals surface area (Å²) in [4.78, 5) is 5.59. The number of hydrogen-bond acceptors (Lipinski definition) is 3. The standard InChI is InChI=1S/C15H28N2S/c1-18-15-7-5-13(6-8-15)17-11-10-16-9-3-2-4-14(16)12-17/h13-15H,2-12H2,1H3. The van der Waals surface area contributed by atoms with Crippen LogP contribution < -0.4 is 0 Å². The predicted molar refractivity (Wildman–Crippen MR) is 80.3 cm³/mol. The van der Waals surface area contributed by atoms with Crippen molar-refractivity contribution in [1.82, 2.24) is 9.80 Å². The maximum absolute atomic E-state index is 2.84. The Bertz CT molecular complexity index is 263. The van der Waals surface area contributed by atoms with Crippen molar-refractivity contribution in [3.05, 3.63) is 0 Å². The number of nitrogens with zero attached hydrogens (tertiary/aromatic N) is 2. The van der Waals surface area contributed by atoms with Crippen LogP contribution in [0.25, 0.3) is 0 Å². The molecule has 0 aromatic rings. The van der Waals surface area contributed by atoms with Gasteiger partial charge < -0.3 is 0 Å². The van der Waals surface area contributed by atoms with Gasteiger partial charge in [0.1, 0.15) is 0 Å². The van der Waals surface area contributed by atoms with Crippen LogP contribution in [-0.2, 0) is 0 Å². The molecule has 0 amide bonds. The Morgan fingerprint density at radius 3 is 2.33 bits per heavy atom. The molecule has 104 valence electrons. The van der Waals surface area contributed by atoms with E-state index in [1.54, 1.807) is 0 Å². The van der Waals surface area contributed by atoms with Crippen molar-refractivity contribution in [2.75, 3.05) is 32.4 Å². The fraction of sp³-hybridized carbons (Fsp3) is 1.00. The Kier molecular flexibility index (Phi) is 4.53. The highest BCUT2D eigenvalue weighted by Crippen LogP contribution is 2.31. The molecule has 0 aromatic heterocycles. The smallest absolute Gasteiger partial charge is 0.0223 e. The molecule has 3 heteroatoms. The zero-order valence-corrected chi connectivity index (χ0v) is 12.6. The quantitative estimate of drug-likeness (QED) is 0.760. The van der Waals surface area contributed by atoms with E-state index in [1.807, 2.05) is 0 Å². The predicted octanol–water partition coefficient (Wildman–Crippen LogP) is 2.83. The maximum Gasteiger partial charge on any atom is 0.0223 e. The second-order valence-corrected chi connectivity index (χ2v) is 7.48. The molecule has 0 N–H and O–H groups in total. The van der Waals surface area contributed by atoms with Gasteiger partial charge in [0, 0.05) is 37.0 Å². The van der Waals surface area contributed by atoms with Gasteiger partial charge in [0.25, 0.3) is 0 Å². The molecule has 1 saturated carbocycles. The van der Waals surface area contributed by atoms with E-state index < -0.39 is 0 Å². The molecule has 0 bridgehead atoms. The Morgan fingerprint density at radius 1 is 0.778 bits per heavy atom. The van der Waals surface area contributed by atoms with Crippen molar-refractivity contribution in [3.63, 3.8) is 0 Å². The summed E-state index contributed by atoms with van der Waals surface area (Å²) in [5.41, 5.74) is 0. The van der Waals surface area contributed by atoms with Crippen LogP contribution in [0.1, 0.15) is 44.9 Å². The molecule has 0 radical (unpaired) electrons. The van der Waals surface area contributed by atoms with Crippen LogP contribution in [0, 0.1) is 0 Å². The van der Waals surface area contributed by atoms with Crippen molar-refractivity contribution in [1.29, 1.82) is 0 Å². The van der Waals surface area contributed by atoms with Gasteiger partial charge in [-0.25, -0.2) is 0 Å². The van der Waals surface area contributed by atoms with Gasteiger partial charge in [-0.1, -0.05) is 6.42 Å². The summed E-state index contributed by atoms with van der Waals surface area (Å²) in [5, 5.41) is 0.956. The van der Waals surface area contributed by atoms with Crippen LogP contribution in [0.2, 0.25) is 0 Å². The fourth-order valence-electron chi connectivity index (χ4n) is 4.16. The molecule has 2 heterocycles. The van der Waals surface area contributed by atoms with Gasteiger partial charge in [0.2, 0.25) is 0 Å². The molecule has 1 unspecified atom stereocenters. The van der Waals surface area contributed by atoms with Crippen molar-refractivity contribution >= 4 is 11.8 Å². The van der Waals surface area contributed by atoms with E-state index in [-0.39, 0.29) is 0 Å². The number of piperidine rings is 1. The van der Waals surface area contributed by atoms with Gasteiger partial charge in [-0.05, 0) is 51.3 Å². The first-order valence-electron chi connectivity index (χ1n) is 7.87. The van der Waals surface area contributed by atoms with E-state index in [4.69, 9.17) is 0 Å². The minimum Gasteiger partial charge on any atom is -0.298 e. The van der Waals surface area contributed by atoms with Crippen LogP contribution in [0.4, 0.5) is 0 Å². The monoisotopic (exact) mass is 268 g/mol. The number of thioether (sulfide) groups is 1. The highest BCUT2D eigenvalue weighted by atomic mass is 32.2. The molecule has 0 spiro atoms. The molecule has 1 atom stereocenters. The molecular formula is C15H28N2S. The highest BCUT2D eigenvalue weighted by molar-refractivity contribution is 7.99. The normalized spacial score (nSPS) is 39.5. The molecule has 2 aliphatic heterocycles. The summed E-state index contributed by atoms with van der Waals surface area (Å²) in [7, 11) is 0. The molecule has 0 aromatic carbocycles. The number of hydrogen-bond donors (Lipinski definition) is 0. The van der Waals surface area contributed by atoms with Crippen molar-refractivity contribution in [2.45, 2.75) is 62.3 Å². The van der Waals surface area contributed by atoms with Crippen molar-refractivity contribution < 1.29 is 0 Å². The molecule has 2 saturated heterocycles. The first-order valence-corrected chi connectivity index (χ1v) is 9.16. The zero-order chi connectivity index (χ0) is 12.4. The maximum atomic E-state index is 2.84. The first-order chi connectivity index (χ1) is 8.86. The SMILES string of the molecule is CSC1CCC(N2CCN3CCCCC3C2)CC1. The number of piperazine rings is 1. The number of fused-ring (bicyclic) bond motifs is 1. The van der Waals surface area contributed by atoms with Crippen LogP contribution in [0.15, 0.2) is 0 Å². The molecule has 18 heavy (non-hydrogen) atoms. The molecular weight excluding hydrogens is 240 g/mol. The topological polar surface area (TPSA) is 6.48 Å². The van der Waals surface area contributed by atoms with Crippen molar-refractivity contribution in [3.8, 4) is 0 Å². The van der Waals surface area contributed by atoms with Crippen LogP contribution in [0.3, 0.4) is 0 Å². The Morgan fingerprint density at radius 2 is 1.56 bits per heavy atom. The molecule has 3 aliphatic rings. The average Bonchev–Trinajstić information content (AvgIpc) is 2.47. The number of rotatable bonds is 2. The van der Waals surface area contributed by atoms with E-state index >= 15 is 0 Å². The Hall–Kier alpha value is 0.270. The zero-order valence-electron chi connectivity index (χ0n) is 11.8. The summed E-state index contributed by atoms with van der Waals surface area (Å²) < 4.78 is 0. The van der Waals surface area contributed by atoms with Gasteiger partial charge in [0.15, 0.2) is 0 Å². The summed E-state index contributed by atoms with van der Waals surface area (Å²) >= 11 is 2.09. The van der Waals surface area contributed by atoms with Crippen LogP contribution >= 0.6 is 11.8 Å². The summed E-state index contributed by atoms with van der Waals surface area (Å²) in [6.07, 6.45) is 12.5. The van der Waals surface area contributed by atoms with Crippen LogP contribution in [0.5, 0.6) is 0 Å². The second-order valence-electron chi connectivity index (χ2n) is 6.35. The van der Waals surface area contributed by atoms with E-state index in [9.17, 15) is 0 Å². The minimum absolute atomic E-state index is 0.894. The van der Waals surface area contributed by atoms with E-state index in [2.05, 4.69) is 27.8 Å². The summed E-state index contributed by atoms with van der Waals surface area (Å²) in [6, 6.07) is 1.81. The summed E-state index contributed by atoms with van der Waals surface area (Å²) in [6.45, 7) is 5.42. The Balaban J connectivity index is 1.51. The lowest BCUT2D eigenvalue weighted by molar-refractivity contribution is 0.0189. The molecule has 3 fully saturated rings. The van der Waals surface area contributed by atoms with E-state index in [0.29, 0.717) is 0 Å². The lowest BCUT2D eigenvalue weighted by Crippen LogP contribution is -2.57. The highest BCUT2D eigenvalue weighted by Gasteiger charge is 2.33. The third-order valence-electron chi connectivity index (χ3n) is 5.36. The van der Waals surface area contributed by atoms with E-state index in [0.717, 1.165) is 17.3 Å². The summed E-state index contributed by atoms with van der Waals surface area (Å²) in [5.74, 6) is 0. The van der Waals surface area contributed by atoms with Crippen LogP contribution in [-0.4, -0.2) is 59.6 Å². The third kappa shape index (κ3) is 2.88. The first kappa shape index (κ1) is 13.3. The van der Waals surface area contributed by atoms with Gasteiger partial charge >= 0.3 is 0 Å². The van der Waals surface area contributed by atoms with Gasteiger partial charge in [0.05, 0.1) is 0 Å². The average molecular weight is 268 g/mol. The van der Waals surface area contributed by atoms with Gasteiger partial charge in [-0.2, -0.15) is 11.8 Å². The molecule has 2 nitrogen and oxygen atoms in total. The van der Waals surface area contributed by atoms with Gasteiger partial charge in [-0.15, -0.1) is 0 Å². The lowest BCUT2D eigenvalue weighted by atomic mass is 9.91. The fourth-order valence-corrected chi connectivity index (χ4v) is 4.90. The second kappa shape index (κ2) is 6.15. The van der Waals surface area contributed by atoms with E-state index in [1.165, 1.54) is 71.1 Å². The third-order valence-corrected chi connectivity index (χ3v) is 6.50.